The molecule has 0 radical (unpaired) electrons. The highest BCUT2D eigenvalue weighted by atomic mass is 79.9. The van der Waals surface area contributed by atoms with Crippen molar-refractivity contribution in [3.63, 3.8) is 0 Å². The van der Waals surface area contributed by atoms with Crippen LogP contribution in [0.15, 0.2) is 53.0 Å². The number of rotatable bonds is 6. The predicted octanol–water partition coefficient (Wildman–Crippen LogP) is 3.31. The van der Waals surface area contributed by atoms with Crippen LogP contribution in [-0.4, -0.2) is 18.4 Å². The second-order valence-corrected chi connectivity index (χ2v) is 6.05. The molecule has 4 nitrogen and oxygen atoms in total. The molecule has 5 heteroatoms. The van der Waals surface area contributed by atoms with Gasteiger partial charge in [-0.3, -0.25) is 9.59 Å². The van der Waals surface area contributed by atoms with Gasteiger partial charge in [-0.05, 0) is 35.7 Å². The second kappa shape index (κ2) is 8.48. The SMILES string of the molecule is CCc1ccccc1NC(=O)CNC(=O)Cc1ccc(Br)cc1. The fourth-order valence-corrected chi connectivity index (χ4v) is 2.44. The molecule has 2 aromatic carbocycles. The van der Waals surface area contributed by atoms with E-state index in [9.17, 15) is 9.59 Å². The molecule has 2 amide bonds. The van der Waals surface area contributed by atoms with Gasteiger partial charge < -0.3 is 10.6 Å². The molecular weight excluding hydrogens is 356 g/mol. The zero-order chi connectivity index (χ0) is 16.7. The Morgan fingerprint density at radius 3 is 2.39 bits per heavy atom. The summed E-state index contributed by atoms with van der Waals surface area (Å²) < 4.78 is 0.968. The average molecular weight is 375 g/mol. The molecule has 0 aliphatic carbocycles. The molecule has 0 heterocycles. The number of hydrogen-bond acceptors (Lipinski definition) is 2. The average Bonchev–Trinajstić information content (AvgIpc) is 2.55. The van der Waals surface area contributed by atoms with Crippen LogP contribution < -0.4 is 10.6 Å². The van der Waals surface area contributed by atoms with E-state index < -0.39 is 0 Å². The number of nitrogens with one attached hydrogen (secondary N) is 2. The molecule has 23 heavy (non-hydrogen) atoms. The topological polar surface area (TPSA) is 58.2 Å². The summed E-state index contributed by atoms with van der Waals surface area (Å²) in [5, 5.41) is 5.47. The monoisotopic (exact) mass is 374 g/mol. The molecule has 0 aliphatic heterocycles. The molecule has 0 atom stereocenters. The molecule has 0 saturated heterocycles. The third kappa shape index (κ3) is 5.53. The summed E-state index contributed by atoms with van der Waals surface area (Å²) in [6, 6.07) is 15.2. The van der Waals surface area contributed by atoms with Crippen molar-refractivity contribution in [1.29, 1.82) is 0 Å². The Morgan fingerprint density at radius 2 is 1.70 bits per heavy atom. The third-order valence-electron chi connectivity index (χ3n) is 3.40. The lowest BCUT2D eigenvalue weighted by atomic mass is 10.1. The van der Waals surface area contributed by atoms with Crippen LogP contribution in [-0.2, 0) is 22.4 Å². The Bertz CT molecular complexity index is 684. The van der Waals surface area contributed by atoms with Crippen LogP contribution in [0.1, 0.15) is 18.1 Å². The highest BCUT2D eigenvalue weighted by Crippen LogP contribution is 2.15. The first-order chi connectivity index (χ1) is 11.1. The van der Waals surface area contributed by atoms with Crippen LogP contribution in [0.4, 0.5) is 5.69 Å². The predicted molar refractivity (Wildman–Crippen MR) is 95.3 cm³/mol. The molecule has 120 valence electrons. The largest absolute Gasteiger partial charge is 0.347 e. The van der Waals surface area contributed by atoms with Crippen molar-refractivity contribution in [2.45, 2.75) is 19.8 Å². The van der Waals surface area contributed by atoms with Gasteiger partial charge in [-0.1, -0.05) is 53.2 Å². The molecule has 2 N–H and O–H groups in total. The quantitative estimate of drug-likeness (QED) is 0.814. The molecule has 0 unspecified atom stereocenters. The highest BCUT2D eigenvalue weighted by Gasteiger charge is 2.08. The van der Waals surface area contributed by atoms with Gasteiger partial charge in [-0.15, -0.1) is 0 Å². The van der Waals surface area contributed by atoms with E-state index >= 15 is 0 Å². The van der Waals surface area contributed by atoms with Crippen molar-refractivity contribution in [3.05, 3.63) is 64.1 Å². The minimum Gasteiger partial charge on any atom is -0.347 e. The lowest BCUT2D eigenvalue weighted by Gasteiger charge is -2.10. The van der Waals surface area contributed by atoms with Gasteiger partial charge in [0.05, 0.1) is 13.0 Å². The number of hydrogen-bond donors (Lipinski definition) is 2. The lowest BCUT2D eigenvalue weighted by Crippen LogP contribution is -2.33. The molecule has 0 spiro atoms. The highest BCUT2D eigenvalue weighted by molar-refractivity contribution is 9.10. The summed E-state index contributed by atoms with van der Waals surface area (Å²) in [5.41, 5.74) is 2.77. The van der Waals surface area contributed by atoms with Crippen LogP contribution in [0, 0.1) is 0 Å². The fraction of sp³-hybridized carbons (Fsp3) is 0.222. The van der Waals surface area contributed by atoms with Gasteiger partial charge in [0.1, 0.15) is 0 Å². The number of carbonyl (C=O) groups excluding carboxylic acids is 2. The number of halogens is 1. The van der Waals surface area contributed by atoms with Gasteiger partial charge in [0.25, 0.3) is 0 Å². The van der Waals surface area contributed by atoms with Crippen molar-refractivity contribution in [2.24, 2.45) is 0 Å². The summed E-state index contributed by atoms with van der Waals surface area (Å²) in [6.07, 6.45) is 1.10. The van der Waals surface area contributed by atoms with Gasteiger partial charge >= 0.3 is 0 Å². The summed E-state index contributed by atoms with van der Waals surface area (Å²) in [5.74, 6) is -0.402. The van der Waals surface area contributed by atoms with Crippen LogP contribution >= 0.6 is 15.9 Å². The molecule has 2 aromatic rings. The van der Waals surface area contributed by atoms with Crippen molar-refractivity contribution < 1.29 is 9.59 Å². The van der Waals surface area contributed by atoms with Crippen molar-refractivity contribution in [2.75, 3.05) is 11.9 Å². The minimum absolute atomic E-state index is 0.0343. The molecule has 0 bridgehead atoms. The van der Waals surface area contributed by atoms with Crippen molar-refractivity contribution >= 4 is 33.4 Å². The smallest absolute Gasteiger partial charge is 0.243 e. The van der Waals surface area contributed by atoms with Gasteiger partial charge in [0, 0.05) is 10.2 Å². The zero-order valence-corrected chi connectivity index (χ0v) is 14.5. The second-order valence-electron chi connectivity index (χ2n) is 5.14. The Balaban J connectivity index is 1.82. The Morgan fingerprint density at radius 1 is 1.00 bits per heavy atom. The first-order valence-corrected chi connectivity index (χ1v) is 8.26. The van der Waals surface area contributed by atoms with Gasteiger partial charge in [-0.2, -0.15) is 0 Å². The Labute approximate surface area is 144 Å². The summed E-state index contributed by atoms with van der Waals surface area (Å²) >= 11 is 3.35. The van der Waals surface area contributed by atoms with E-state index in [1.165, 1.54) is 0 Å². The first kappa shape index (κ1) is 17.2. The number of carbonyl (C=O) groups is 2. The summed E-state index contributed by atoms with van der Waals surface area (Å²) in [7, 11) is 0. The maximum Gasteiger partial charge on any atom is 0.243 e. The zero-order valence-electron chi connectivity index (χ0n) is 12.9. The lowest BCUT2D eigenvalue weighted by molar-refractivity contribution is -0.123. The van der Waals surface area contributed by atoms with Crippen LogP contribution in [0.5, 0.6) is 0 Å². The molecule has 0 fully saturated rings. The van der Waals surface area contributed by atoms with E-state index in [2.05, 4.69) is 26.6 Å². The van der Waals surface area contributed by atoms with Crippen LogP contribution in [0.3, 0.4) is 0 Å². The van der Waals surface area contributed by atoms with Crippen LogP contribution in [0.2, 0.25) is 0 Å². The Kier molecular flexibility index (Phi) is 6.35. The minimum atomic E-state index is -0.227. The number of benzene rings is 2. The molecule has 0 saturated carbocycles. The van der Waals surface area contributed by atoms with E-state index in [4.69, 9.17) is 0 Å². The summed E-state index contributed by atoms with van der Waals surface area (Å²) in [6.45, 7) is 2.00. The fourth-order valence-electron chi connectivity index (χ4n) is 2.17. The number of aryl methyl sites for hydroxylation is 1. The van der Waals surface area contributed by atoms with E-state index in [1.54, 1.807) is 0 Å². The number of amides is 2. The van der Waals surface area contributed by atoms with E-state index in [1.807, 2.05) is 55.5 Å². The molecule has 2 rings (SSSR count). The molecule has 0 aromatic heterocycles. The standard InChI is InChI=1S/C18H19BrN2O2/c1-2-14-5-3-4-6-16(14)21-18(23)12-20-17(22)11-13-7-9-15(19)10-8-13/h3-10H,2,11-12H2,1H3,(H,20,22)(H,21,23). The normalized spacial score (nSPS) is 10.2. The van der Waals surface area contributed by atoms with E-state index in [0.717, 1.165) is 27.7 Å². The van der Waals surface area contributed by atoms with Gasteiger partial charge in [0.15, 0.2) is 0 Å². The third-order valence-corrected chi connectivity index (χ3v) is 3.93. The van der Waals surface area contributed by atoms with Crippen molar-refractivity contribution in [1.82, 2.24) is 5.32 Å². The van der Waals surface area contributed by atoms with Crippen molar-refractivity contribution in [3.8, 4) is 0 Å². The van der Waals surface area contributed by atoms with Gasteiger partial charge in [-0.25, -0.2) is 0 Å². The maximum atomic E-state index is 12.0. The first-order valence-electron chi connectivity index (χ1n) is 7.47. The number of para-hydroxylation sites is 1. The summed E-state index contributed by atoms with van der Waals surface area (Å²) in [4.78, 5) is 23.8. The van der Waals surface area contributed by atoms with E-state index in [0.29, 0.717) is 0 Å². The maximum absolute atomic E-state index is 12.0. The van der Waals surface area contributed by atoms with E-state index in [-0.39, 0.29) is 24.8 Å². The Hall–Kier alpha value is -2.14. The molecular formula is C18H19BrN2O2. The molecule has 0 aliphatic rings. The number of anilines is 1. The van der Waals surface area contributed by atoms with Gasteiger partial charge in [0.2, 0.25) is 11.8 Å². The van der Waals surface area contributed by atoms with Crippen LogP contribution in [0.25, 0.3) is 0 Å².